The zero-order chi connectivity index (χ0) is 12.3. The van der Waals surface area contributed by atoms with Crippen molar-refractivity contribution in [3.8, 4) is 0 Å². The molecule has 94 valence electrons. The van der Waals surface area contributed by atoms with E-state index in [1.807, 2.05) is 7.05 Å². The molecular weight excluding hydrogens is 222 g/mol. The fourth-order valence-corrected chi connectivity index (χ4v) is 1.85. The minimum absolute atomic E-state index is 0.168. The summed E-state index contributed by atoms with van der Waals surface area (Å²) in [6.45, 7) is 2.62. The van der Waals surface area contributed by atoms with Crippen molar-refractivity contribution >= 4 is 0 Å². The van der Waals surface area contributed by atoms with Gasteiger partial charge in [-0.25, -0.2) is 4.98 Å². The van der Waals surface area contributed by atoms with E-state index in [-0.39, 0.29) is 11.7 Å². The third-order valence-electron chi connectivity index (χ3n) is 2.68. The van der Waals surface area contributed by atoms with E-state index in [1.54, 1.807) is 7.11 Å². The number of rotatable bonds is 3. The fourth-order valence-electron chi connectivity index (χ4n) is 1.85. The Morgan fingerprint density at radius 3 is 3.24 bits per heavy atom. The van der Waals surface area contributed by atoms with Gasteiger partial charge in [0.1, 0.15) is 11.9 Å². The number of nitrogens with zero attached hydrogens (tertiary/aromatic N) is 2. The van der Waals surface area contributed by atoms with Crippen molar-refractivity contribution in [1.82, 2.24) is 14.9 Å². The normalized spacial score (nSPS) is 21.6. The first-order valence-electron chi connectivity index (χ1n) is 5.58. The number of hydrogen-bond donors (Lipinski definition) is 1. The van der Waals surface area contributed by atoms with Gasteiger partial charge in [0.05, 0.1) is 18.9 Å². The molecule has 0 saturated carbocycles. The monoisotopic (exact) mass is 239 g/mol. The minimum Gasteiger partial charge on any atom is -0.378 e. The van der Waals surface area contributed by atoms with Crippen LogP contribution < -0.4 is 5.56 Å². The van der Waals surface area contributed by atoms with Crippen LogP contribution in [0.25, 0.3) is 0 Å². The zero-order valence-corrected chi connectivity index (χ0v) is 10.1. The molecule has 1 N–H and O–H groups in total. The summed E-state index contributed by atoms with van der Waals surface area (Å²) in [5, 5.41) is 0. The molecule has 1 fully saturated rings. The van der Waals surface area contributed by atoms with Crippen LogP contribution in [0.15, 0.2) is 10.9 Å². The third kappa shape index (κ3) is 3.12. The lowest BCUT2D eigenvalue weighted by molar-refractivity contribution is -0.0258. The van der Waals surface area contributed by atoms with E-state index in [2.05, 4.69) is 14.9 Å². The lowest BCUT2D eigenvalue weighted by Gasteiger charge is -2.29. The van der Waals surface area contributed by atoms with Gasteiger partial charge in [-0.2, -0.15) is 0 Å². The van der Waals surface area contributed by atoms with Gasteiger partial charge in [0.15, 0.2) is 0 Å². The molecule has 17 heavy (non-hydrogen) atoms. The molecule has 0 amide bonds. The van der Waals surface area contributed by atoms with Crippen LogP contribution in [0.1, 0.15) is 17.6 Å². The smallest absolute Gasteiger partial charge is 0.251 e. The van der Waals surface area contributed by atoms with Crippen molar-refractivity contribution in [3.05, 3.63) is 27.9 Å². The van der Waals surface area contributed by atoms with Crippen LogP contribution in [0.3, 0.4) is 0 Å². The van der Waals surface area contributed by atoms with Gasteiger partial charge in [-0.3, -0.25) is 4.79 Å². The number of nitrogens with one attached hydrogen (secondary N) is 1. The van der Waals surface area contributed by atoms with E-state index in [0.29, 0.717) is 24.7 Å². The summed E-state index contributed by atoms with van der Waals surface area (Å²) in [7, 11) is 3.60. The summed E-state index contributed by atoms with van der Waals surface area (Å²) in [5.74, 6) is 0.580. The van der Waals surface area contributed by atoms with Crippen LogP contribution in [-0.2, 0) is 16.1 Å². The molecule has 0 bridgehead atoms. The lowest BCUT2D eigenvalue weighted by atomic mass is 10.2. The molecule has 1 aromatic heterocycles. The third-order valence-corrected chi connectivity index (χ3v) is 2.68. The molecule has 0 spiro atoms. The first-order valence-corrected chi connectivity index (χ1v) is 5.58. The second kappa shape index (κ2) is 5.39. The summed E-state index contributed by atoms with van der Waals surface area (Å²) in [6.07, 6.45) is -0.168. The highest BCUT2D eigenvalue weighted by Gasteiger charge is 2.21. The number of likely N-dealkylation sites (N-methyl/N-ethyl adjacent to an activating group) is 1. The van der Waals surface area contributed by atoms with E-state index in [4.69, 9.17) is 9.47 Å². The average Bonchev–Trinajstić information content (AvgIpc) is 2.28. The maximum atomic E-state index is 11.5. The Hall–Kier alpha value is -1.24. The predicted octanol–water partition coefficient (Wildman–Crippen LogP) is -0.0806. The average molecular weight is 239 g/mol. The van der Waals surface area contributed by atoms with E-state index in [9.17, 15) is 4.79 Å². The predicted molar refractivity (Wildman–Crippen MR) is 61.8 cm³/mol. The van der Waals surface area contributed by atoms with Gasteiger partial charge < -0.3 is 19.4 Å². The fraction of sp³-hybridized carbons (Fsp3) is 0.636. The van der Waals surface area contributed by atoms with Crippen LogP contribution in [0.4, 0.5) is 0 Å². The number of aromatic nitrogens is 2. The van der Waals surface area contributed by atoms with Gasteiger partial charge >= 0.3 is 0 Å². The Morgan fingerprint density at radius 1 is 1.71 bits per heavy atom. The molecular formula is C11H17N3O3. The van der Waals surface area contributed by atoms with Crippen LogP contribution in [0.2, 0.25) is 0 Å². The maximum absolute atomic E-state index is 11.5. The van der Waals surface area contributed by atoms with Gasteiger partial charge in [-0.05, 0) is 7.05 Å². The molecule has 6 nitrogen and oxygen atoms in total. The largest absolute Gasteiger partial charge is 0.378 e. The van der Waals surface area contributed by atoms with Gasteiger partial charge in [0, 0.05) is 26.3 Å². The van der Waals surface area contributed by atoms with Gasteiger partial charge in [-0.15, -0.1) is 0 Å². The van der Waals surface area contributed by atoms with Crippen molar-refractivity contribution in [2.24, 2.45) is 0 Å². The summed E-state index contributed by atoms with van der Waals surface area (Å²) >= 11 is 0. The van der Waals surface area contributed by atoms with E-state index < -0.39 is 0 Å². The summed E-state index contributed by atoms with van der Waals surface area (Å²) in [5.41, 5.74) is 0.460. The molecule has 6 heteroatoms. The topological polar surface area (TPSA) is 67.5 Å². The highest BCUT2D eigenvalue weighted by molar-refractivity contribution is 5.04. The molecule has 1 saturated heterocycles. The highest BCUT2D eigenvalue weighted by atomic mass is 16.5. The number of methoxy groups -OCH3 is 1. The van der Waals surface area contributed by atoms with Crippen LogP contribution in [0, 0.1) is 0 Å². The zero-order valence-electron chi connectivity index (χ0n) is 10.1. The Balaban J connectivity index is 2.21. The van der Waals surface area contributed by atoms with Crippen molar-refractivity contribution in [2.45, 2.75) is 12.7 Å². The first kappa shape index (κ1) is 12.2. The van der Waals surface area contributed by atoms with Crippen molar-refractivity contribution < 1.29 is 9.47 Å². The van der Waals surface area contributed by atoms with Crippen molar-refractivity contribution in [3.63, 3.8) is 0 Å². The number of ether oxygens (including phenoxy) is 2. The summed E-state index contributed by atoms with van der Waals surface area (Å²) < 4.78 is 10.6. The molecule has 1 aliphatic rings. The standard InChI is InChI=1S/C11H17N3O3/c1-14-3-4-17-9(6-14)11-12-8(7-16-2)5-10(15)13-11/h5,9H,3-4,6-7H2,1-2H3,(H,12,13,15). The molecule has 1 aromatic rings. The second-order valence-corrected chi connectivity index (χ2v) is 4.18. The number of hydrogen-bond acceptors (Lipinski definition) is 5. The Kier molecular flexibility index (Phi) is 3.88. The maximum Gasteiger partial charge on any atom is 0.251 e. The van der Waals surface area contributed by atoms with E-state index in [1.165, 1.54) is 6.07 Å². The number of aromatic amines is 1. The minimum atomic E-state index is -0.168. The van der Waals surface area contributed by atoms with Crippen LogP contribution >= 0.6 is 0 Å². The Labute approximate surface area is 99.6 Å². The number of H-pyrrole nitrogens is 1. The molecule has 0 aromatic carbocycles. The van der Waals surface area contributed by atoms with Gasteiger partial charge in [0.2, 0.25) is 0 Å². The van der Waals surface area contributed by atoms with Crippen LogP contribution in [-0.4, -0.2) is 48.7 Å². The van der Waals surface area contributed by atoms with Gasteiger partial charge in [0.25, 0.3) is 5.56 Å². The van der Waals surface area contributed by atoms with E-state index >= 15 is 0 Å². The van der Waals surface area contributed by atoms with Crippen LogP contribution in [0.5, 0.6) is 0 Å². The van der Waals surface area contributed by atoms with E-state index in [0.717, 1.165) is 13.1 Å². The van der Waals surface area contributed by atoms with Crippen molar-refractivity contribution in [1.29, 1.82) is 0 Å². The molecule has 1 unspecified atom stereocenters. The lowest BCUT2D eigenvalue weighted by Crippen LogP contribution is -2.36. The number of morpholine rings is 1. The molecule has 1 atom stereocenters. The molecule has 0 radical (unpaired) electrons. The van der Waals surface area contributed by atoms with Gasteiger partial charge in [-0.1, -0.05) is 0 Å². The van der Waals surface area contributed by atoms with Crippen molar-refractivity contribution in [2.75, 3.05) is 33.9 Å². The Morgan fingerprint density at radius 2 is 2.53 bits per heavy atom. The second-order valence-electron chi connectivity index (χ2n) is 4.18. The quantitative estimate of drug-likeness (QED) is 0.799. The SMILES string of the molecule is COCc1cc(=O)[nH]c(C2CN(C)CCO2)n1. The molecule has 0 aliphatic carbocycles. The first-order chi connectivity index (χ1) is 8.19. The summed E-state index contributed by atoms with van der Waals surface area (Å²) in [6, 6.07) is 1.44. The molecule has 2 heterocycles. The highest BCUT2D eigenvalue weighted by Crippen LogP contribution is 2.17. The Bertz CT molecular complexity index is 432. The molecule has 1 aliphatic heterocycles. The molecule has 2 rings (SSSR count). The summed E-state index contributed by atoms with van der Waals surface area (Å²) in [4.78, 5) is 20.7.